The zero-order valence-corrected chi connectivity index (χ0v) is 23.6. The van der Waals surface area contributed by atoms with Crippen LogP contribution in [0.2, 0.25) is 0 Å². The first-order valence-electron chi connectivity index (χ1n) is 13.9. The number of alkyl halides is 4. The van der Waals surface area contributed by atoms with Gasteiger partial charge in [0.05, 0.1) is 12.1 Å². The number of benzene rings is 2. The number of nitrogens with zero attached hydrogens (tertiary/aromatic N) is 3. The fourth-order valence-corrected chi connectivity index (χ4v) is 5.30. The third-order valence-electron chi connectivity index (χ3n) is 7.89. The summed E-state index contributed by atoms with van der Waals surface area (Å²) < 4.78 is 63.7. The summed E-state index contributed by atoms with van der Waals surface area (Å²) in [7, 11) is 1.99. The van der Waals surface area contributed by atoms with Crippen LogP contribution in [0.1, 0.15) is 55.1 Å². The highest BCUT2D eigenvalue weighted by molar-refractivity contribution is 6.08. The van der Waals surface area contributed by atoms with Gasteiger partial charge in [-0.05, 0) is 63.6 Å². The molecule has 1 aliphatic carbocycles. The Balaban J connectivity index is 1.44. The van der Waals surface area contributed by atoms with Crippen LogP contribution < -0.4 is 10.6 Å². The van der Waals surface area contributed by atoms with Crippen LogP contribution >= 0.6 is 0 Å². The second-order valence-electron chi connectivity index (χ2n) is 12.0. The van der Waals surface area contributed by atoms with Crippen LogP contribution in [0.15, 0.2) is 40.8 Å². The molecule has 2 N–H and O–H groups in total. The smallest absolute Gasteiger partial charge is 0.407 e. The molecule has 2 atom stereocenters. The highest BCUT2D eigenvalue weighted by Gasteiger charge is 2.48. The molecule has 0 spiro atoms. The molecular weight excluding hydrogens is 554 g/mol. The van der Waals surface area contributed by atoms with E-state index >= 15 is 0 Å². The van der Waals surface area contributed by atoms with Crippen molar-refractivity contribution < 1.29 is 31.6 Å². The van der Waals surface area contributed by atoms with Crippen molar-refractivity contribution in [3.63, 3.8) is 0 Å². The van der Waals surface area contributed by atoms with Crippen molar-refractivity contribution >= 4 is 33.8 Å². The Morgan fingerprint density at radius 3 is 2.31 bits per heavy atom. The van der Waals surface area contributed by atoms with Crippen LogP contribution in [-0.4, -0.2) is 78.3 Å². The number of furan rings is 1. The van der Waals surface area contributed by atoms with E-state index in [1.54, 1.807) is 23.1 Å². The third kappa shape index (κ3) is 6.37. The molecule has 1 aromatic heterocycles. The molecule has 1 aliphatic heterocycles. The molecule has 0 radical (unpaired) electrons. The van der Waals surface area contributed by atoms with Gasteiger partial charge in [-0.15, -0.1) is 0 Å². The molecule has 8 nitrogen and oxygen atoms in total. The molecule has 0 bridgehead atoms. The zero-order valence-electron chi connectivity index (χ0n) is 23.6. The van der Waals surface area contributed by atoms with E-state index in [9.17, 15) is 32.4 Å². The van der Waals surface area contributed by atoms with E-state index < -0.39 is 41.8 Å². The largest absolute Gasteiger partial charge is 0.456 e. The number of hydrogen-bond donors (Lipinski definition) is 2. The van der Waals surface area contributed by atoms with Crippen molar-refractivity contribution in [2.24, 2.45) is 0 Å². The van der Waals surface area contributed by atoms with Gasteiger partial charge in [-0.2, -0.15) is 18.4 Å². The summed E-state index contributed by atoms with van der Waals surface area (Å²) in [4.78, 5) is 30.0. The maximum Gasteiger partial charge on any atom is 0.407 e. The Hall–Kier alpha value is -3.69. The average Bonchev–Trinajstić information content (AvgIpc) is 3.60. The molecule has 2 amide bonds. The van der Waals surface area contributed by atoms with Crippen LogP contribution in [-0.2, 0) is 4.79 Å². The number of rotatable bonds is 8. The Labute approximate surface area is 240 Å². The number of hydrogen-bond acceptors (Lipinski definition) is 6. The summed E-state index contributed by atoms with van der Waals surface area (Å²) in [5, 5.41) is 15.3. The molecule has 2 fully saturated rings. The van der Waals surface area contributed by atoms with E-state index in [4.69, 9.17) is 4.42 Å². The Bertz CT molecular complexity index is 1540. The number of carbonyl (C=O) groups is 2. The summed E-state index contributed by atoms with van der Waals surface area (Å²) in [5.41, 5.74) is -2.26. The first-order chi connectivity index (χ1) is 19.7. The molecule has 12 heteroatoms. The lowest BCUT2D eigenvalue weighted by Gasteiger charge is -2.32. The molecule has 2 aliphatic rings. The molecular formula is C30H33F4N5O3. The minimum Gasteiger partial charge on any atom is -0.456 e. The molecule has 0 unspecified atom stereocenters. The van der Waals surface area contributed by atoms with Gasteiger partial charge in [0, 0.05) is 48.9 Å². The van der Waals surface area contributed by atoms with Crippen LogP contribution in [0.25, 0.3) is 21.9 Å². The van der Waals surface area contributed by atoms with Crippen molar-refractivity contribution in [2.75, 3.05) is 33.2 Å². The molecule has 1 saturated heterocycles. The van der Waals surface area contributed by atoms with Gasteiger partial charge in [0.1, 0.15) is 28.4 Å². The minimum atomic E-state index is -4.84. The highest BCUT2D eigenvalue weighted by Crippen LogP contribution is 2.38. The Morgan fingerprint density at radius 2 is 1.71 bits per heavy atom. The normalized spacial score (nSPS) is 19.0. The average molecular weight is 588 g/mol. The summed E-state index contributed by atoms with van der Waals surface area (Å²) in [5.74, 6) is -0.988. The molecule has 42 heavy (non-hydrogen) atoms. The van der Waals surface area contributed by atoms with Gasteiger partial charge in [0.15, 0.2) is 0 Å². The Morgan fingerprint density at radius 1 is 1.02 bits per heavy atom. The maximum atomic E-state index is 14.6. The SMILES string of the molecule is CN1CCN(C(=O)c2ccc3oc4cc([C@H](N[C@@H](CC(C)(C)F)C(=O)NC5(C#N)CC5)C(F)(F)F)ccc4c3c2)CC1. The standard InChI is InChI=1S/C30H33F4N5O3/c1-28(2,31)16-22(26(40)37-29(17-35)8-9-29)36-25(30(32,33)34)18-4-6-20-21-14-19(5-7-23(21)42-24(20)15-18)27(41)39-12-10-38(3)11-13-39/h4-7,14-15,22,25,36H,8-13,16H2,1-3H3,(H,37,40)/t22-,25-/m0/s1. The lowest BCUT2D eigenvalue weighted by atomic mass is 9.97. The Kier molecular flexibility index (Phi) is 7.70. The van der Waals surface area contributed by atoms with Crippen molar-refractivity contribution in [2.45, 2.75) is 62.6 Å². The number of fused-ring (bicyclic) bond motifs is 3. The van der Waals surface area contributed by atoms with Crippen molar-refractivity contribution in [1.29, 1.82) is 5.26 Å². The maximum absolute atomic E-state index is 14.6. The van der Waals surface area contributed by atoms with Crippen LogP contribution in [0.4, 0.5) is 17.6 Å². The molecule has 2 aromatic carbocycles. The van der Waals surface area contributed by atoms with Gasteiger partial charge in [-0.25, -0.2) is 4.39 Å². The monoisotopic (exact) mass is 587 g/mol. The molecule has 2 heterocycles. The van der Waals surface area contributed by atoms with Crippen molar-refractivity contribution in [3.05, 3.63) is 47.5 Å². The van der Waals surface area contributed by atoms with Crippen molar-refractivity contribution in [3.8, 4) is 6.07 Å². The summed E-state index contributed by atoms with van der Waals surface area (Å²) >= 11 is 0. The van der Waals surface area contributed by atoms with Crippen LogP contribution in [0.5, 0.6) is 0 Å². The summed E-state index contributed by atoms with van der Waals surface area (Å²) in [6, 6.07) is 7.07. The number of likely N-dealkylation sites (N-methyl/N-ethyl adjacent to an activating group) is 1. The summed E-state index contributed by atoms with van der Waals surface area (Å²) in [6.07, 6.45) is -4.61. The van der Waals surface area contributed by atoms with Crippen LogP contribution in [0.3, 0.4) is 0 Å². The number of nitriles is 1. The summed E-state index contributed by atoms with van der Waals surface area (Å²) in [6.45, 7) is 5.10. The van der Waals surface area contributed by atoms with E-state index in [0.29, 0.717) is 47.9 Å². The van der Waals surface area contributed by atoms with Gasteiger partial charge in [-0.1, -0.05) is 12.1 Å². The fraction of sp³-hybridized carbons (Fsp3) is 0.500. The first-order valence-corrected chi connectivity index (χ1v) is 13.9. The zero-order chi connectivity index (χ0) is 30.4. The van der Waals surface area contributed by atoms with E-state index in [0.717, 1.165) is 13.1 Å². The van der Waals surface area contributed by atoms with Gasteiger partial charge < -0.3 is 19.5 Å². The number of halogens is 4. The lowest BCUT2D eigenvalue weighted by Crippen LogP contribution is -2.53. The second-order valence-corrected chi connectivity index (χ2v) is 12.0. The highest BCUT2D eigenvalue weighted by atomic mass is 19.4. The predicted octanol–water partition coefficient (Wildman–Crippen LogP) is 4.85. The number of nitrogens with one attached hydrogen (secondary N) is 2. The predicted molar refractivity (Wildman–Crippen MR) is 148 cm³/mol. The minimum absolute atomic E-state index is 0.123. The van der Waals surface area contributed by atoms with E-state index in [1.807, 2.05) is 13.1 Å². The van der Waals surface area contributed by atoms with Crippen LogP contribution in [0, 0.1) is 11.3 Å². The molecule has 3 aromatic rings. The molecule has 224 valence electrons. The molecule has 1 saturated carbocycles. The van der Waals surface area contributed by atoms with Gasteiger partial charge >= 0.3 is 6.18 Å². The van der Waals surface area contributed by atoms with Gasteiger partial charge in [0.2, 0.25) is 5.91 Å². The van der Waals surface area contributed by atoms with Gasteiger partial charge in [-0.3, -0.25) is 14.9 Å². The van der Waals surface area contributed by atoms with E-state index in [2.05, 4.69) is 15.5 Å². The molecule has 5 rings (SSSR count). The van der Waals surface area contributed by atoms with E-state index in [1.165, 1.54) is 32.0 Å². The van der Waals surface area contributed by atoms with Crippen molar-refractivity contribution in [1.82, 2.24) is 20.4 Å². The number of carbonyl (C=O) groups excluding carboxylic acids is 2. The number of piperazine rings is 1. The lowest BCUT2D eigenvalue weighted by molar-refractivity contribution is -0.161. The topological polar surface area (TPSA) is 102 Å². The quantitative estimate of drug-likeness (QED) is 0.366. The van der Waals surface area contributed by atoms with E-state index in [-0.39, 0.29) is 17.1 Å². The first kappa shape index (κ1) is 29.8. The number of amides is 2. The fourth-order valence-electron chi connectivity index (χ4n) is 5.30. The second kappa shape index (κ2) is 10.9. The third-order valence-corrected chi connectivity index (χ3v) is 7.89. The van der Waals surface area contributed by atoms with Gasteiger partial charge in [0.25, 0.3) is 5.91 Å².